The number of aryl methyl sites for hydroxylation is 2. The molecule has 176 valence electrons. The van der Waals surface area contributed by atoms with Crippen molar-refractivity contribution >= 4 is 23.2 Å². The predicted octanol–water partition coefficient (Wildman–Crippen LogP) is 5.42. The van der Waals surface area contributed by atoms with Crippen molar-refractivity contribution in [3.05, 3.63) is 61.5 Å². The fourth-order valence-corrected chi connectivity index (χ4v) is 4.69. The van der Waals surface area contributed by atoms with E-state index < -0.39 is 5.41 Å². The zero-order valence-corrected chi connectivity index (χ0v) is 21.5. The van der Waals surface area contributed by atoms with Gasteiger partial charge in [0.15, 0.2) is 0 Å². The van der Waals surface area contributed by atoms with Crippen LogP contribution in [0.1, 0.15) is 68.5 Å². The van der Waals surface area contributed by atoms with E-state index in [9.17, 15) is 9.59 Å². The Hall–Kier alpha value is -2.27. The SMILES string of the molecule is CCCC(C)CN(C)c1cc(Cl)cc(C(C)(C)C(=O)NCc2c(C)cc(C)[nH]c2=O)c1C. The van der Waals surface area contributed by atoms with Crippen LogP contribution in [-0.2, 0) is 16.8 Å². The van der Waals surface area contributed by atoms with E-state index in [2.05, 4.69) is 36.1 Å². The van der Waals surface area contributed by atoms with Crippen LogP contribution in [-0.4, -0.2) is 24.5 Å². The first kappa shape index (κ1) is 26.0. The van der Waals surface area contributed by atoms with Gasteiger partial charge in [-0.2, -0.15) is 0 Å². The van der Waals surface area contributed by atoms with E-state index in [1.165, 1.54) is 6.42 Å². The van der Waals surface area contributed by atoms with Gasteiger partial charge in [0.2, 0.25) is 5.91 Å². The van der Waals surface area contributed by atoms with Crippen LogP contribution < -0.4 is 15.8 Å². The van der Waals surface area contributed by atoms with Crippen LogP contribution in [0.2, 0.25) is 5.02 Å². The molecule has 2 rings (SSSR count). The number of hydrogen-bond donors (Lipinski definition) is 2. The first-order chi connectivity index (χ1) is 14.9. The molecule has 0 radical (unpaired) electrons. The van der Waals surface area contributed by atoms with Gasteiger partial charge >= 0.3 is 0 Å². The minimum absolute atomic E-state index is 0.143. The van der Waals surface area contributed by atoms with E-state index in [4.69, 9.17) is 11.6 Å². The summed E-state index contributed by atoms with van der Waals surface area (Å²) in [7, 11) is 2.08. The Kier molecular flexibility index (Phi) is 8.58. The molecule has 0 saturated heterocycles. The number of amides is 1. The molecular formula is C26H38ClN3O2. The molecule has 6 heteroatoms. The van der Waals surface area contributed by atoms with Gasteiger partial charge in [-0.05, 0) is 81.8 Å². The van der Waals surface area contributed by atoms with Crippen LogP contribution in [0.15, 0.2) is 23.0 Å². The molecule has 0 aliphatic heterocycles. The fourth-order valence-electron chi connectivity index (χ4n) is 4.47. The van der Waals surface area contributed by atoms with Crippen molar-refractivity contribution in [2.75, 3.05) is 18.5 Å². The molecule has 32 heavy (non-hydrogen) atoms. The summed E-state index contributed by atoms with van der Waals surface area (Å²) in [5.74, 6) is 0.425. The molecule has 1 amide bonds. The van der Waals surface area contributed by atoms with Crippen molar-refractivity contribution in [3.8, 4) is 0 Å². The number of nitrogens with one attached hydrogen (secondary N) is 2. The molecule has 0 bridgehead atoms. The lowest BCUT2D eigenvalue weighted by Crippen LogP contribution is -2.41. The second kappa shape index (κ2) is 10.6. The minimum Gasteiger partial charge on any atom is -0.374 e. The molecule has 2 aromatic rings. The lowest BCUT2D eigenvalue weighted by atomic mass is 9.80. The molecule has 1 heterocycles. The van der Waals surface area contributed by atoms with E-state index in [-0.39, 0.29) is 18.0 Å². The number of benzene rings is 1. The van der Waals surface area contributed by atoms with E-state index in [1.54, 1.807) is 0 Å². The maximum absolute atomic E-state index is 13.3. The Balaban J connectivity index is 2.30. The van der Waals surface area contributed by atoms with E-state index in [1.807, 2.05) is 52.8 Å². The van der Waals surface area contributed by atoms with Gasteiger partial charge in [-0.1, -0.05) is 31.9 Å². The largest absolute Gasteiger partial charge is 0.374 e. The van der Waals surface area contributed by atoms with Gasteiger partial charge in [0.1, 0.15) is 0 Å². The average Bonchev–Trinajstić information content (AvgIpc) is 2.68. The van der Waals surface area contributed by atoms with Crippen LogP contribution >= 0.6 is 11.6 Å². The topological polar surface area (TPSA) is 65.2 Å². The zero-order valence-electron chi connectivity index (χ0n) is 20.8. The standard InChI is InChI=1S/C26H38ClN3O2/c1-9-10-16(2)15-30(8)23-13-20(27)12-22(19(23)5)26(6,7)25(32)28-14-21-17(3)11-18(4)29-24(21)31/h11-13,16H,9-10,14-15H2,1-8H3,(H,28,32)(H,29,31). The van der Waals surface area contributed by atoms with Gasteiger partial charge in [0.05, 0.1) is 5.41 Å². The van der Waals surface area contributed by atoms with Gasteiger partial charge in [-0.25, -0.2) is 0 Å². The highest BCUT2D eigenvalue weighted by Crippen LogP contribution is 2.35. The van der Waals surface area contributed by atoms with Crippen molar-refractivity contribution in [1.82, 2.24) is 10.3 Å². The van der Waals surface area contributed by atoms with Crippen LogP contribution in [0.5, 0.6) is 0 Å². The Morgan fingerprint density at radius 3 is 2.47 bits per heavy atom. The molecule has 0 aliphatic carbocycles. The van der Waals surface area contributed by atoms with Crippen molar-refractivity contribution in [2.24, 2.45) is 5.92 Å². The number of aromatic amines is 1. The number of carbonyl (C=O) groups is 1. The molecule has 0 spiro atoms. The molecule has 0 aliphatic rings. The number of nitrogens with zero attached hydrogens (tertiary/aromatic N) is 1. The first-order valence-electron chi connectivity index (χ1n) is 11.4. The molecule has 5 nitrogen and oxygen atoms in total. The third-order valence-electron chi connectivity index (χ3n) is 6.28. The summed E-state index contributed by atoms with van der Waals surface area (Å²) in [5, 5.41) is 3.58. The van der Waals surface area contributed by atoms with Crippen molar-refractivity contribution in [2.45, 2.75) is 73.3 Å². The van der Waals surface area contributed by atoms with Crippen molar-refractivity contribution in [1.29, 1.82) is 0 Å². The van der Waals surface area contributed by atoms with Crippen LogP contribution in [0, 0.1) is 26.7 Å². The molecule has 0 saturated carbocycles. The Bertz CT molecular complexity index is 1030. The molecule has 1 aromatic carbocycles. The summed E-state index contributed by atoms with van der Waals surface area (Å²) >= 11 is 6.50. The second-order valence-corrected chi connectivity index (χ2v) is 10.1. The Morgan fingerprint density at radius 2 is 1.88 bits per heavy atom. The van der Waals surface area contributed by atoms with Gasteiger partial charge in [-0.3, -0.25) is 9.59 Å². The number of rotatable bonds is 9. The summed E-state index contributed by atoms with van der Waals surface area (Å²) in [6.45, 7) is 15.1. The number of aromatic nitrogens is 1. The van der Waals surface area contributed by atoms with E-state index >= 15 is 0 Å². The van der Waals surface area contributed by atoms with Gasteiger partial charge in [-0.15, -0.1) is 0 Å². The number of pyridine rings is 1. The second-order valence-electron chi connectivity index (χ2n) is 9.62. The van der Waals surface area contributed by atoms with Crippen LogP contribution in [0.4, 0.5) is 5.69 Å². The highest BCUT2D eigenvalue weighted by atomic mass is 35.5. The molecule has 1 unspecified atom stereocenters. The number of hydrogen-bond acceptors (Lipinski definition) is 3. The van der Waals surface area contributed by atoms with Crippen LogP contribution in [0.3, 0.4) is 0 Å². The smallest absolute Gasteiger partial charge is 0.253 e. The molecular weight excluding hydrogens is 422 g/mol. The Morgan fingerprint density at radius 1 is 1.22 bits per heavy atom. The lowest BCUT2D eigenvalue weighted by molar-refractivity contribution is -0.125. The third-order valence-corrected chi connectivity index (χ3v) is 6.50. The van der Waals surface area contributed by atoms with Gasteiger partial charge in [0, 0.05) is 42.1 Å². The van der Waals surface area contributed by atoms with E-state index in [0.717, 1.165) is 41.0 Å². The summed E-state index contributed by atoms with van der Waals surface area (Å²) in [6.07, 6.45) is 2.33. The van der Waals surface area contributed by atoms with Crippen molar-refractivity contribution in [3.63, 3.8) is 0 Å². The monoisotopic (exact) mass is 459 g/mol. The lowest BCUT2D eigenvalue weighted by Gasteiger charge is -2.31. The number of anilines is 1. The number of H-pyrrole nitrogens is 1. The highest BCUT2D eigenvalue weighted by Gasteiger charge is 2.33. The zero-order chi connectivity index (χ0) is 24.2. The first-order valence-corrected chi connectivity index (χ1v) is 11.8. The molecule has 1 atom stereocenters. The summed E-state index contributed by atoms with van der Waals surface area (Å²) in [4.78, 5) is 30.6. The average molecular weight is 460 g/mol. The fraction of sp³-hybridized carbons (Fsp3) is 0.538. The Labute approximate surface area is 197 Å². The maximum Gasteiger partial charge on any atom is 0.253 e. The van der Waals surface area contributed by atoms with E-state index in [0.29, 0.717) is 16.5 Å². The van der Waals surface area contributed by atoms with Gasteiger partial charge < -0.3 is 15.2 Å². The molecule has 2 N–H and O–H groups in total. The number of halogens is 1. The normalized spacial score (nSPS) is 12.5. The molecule has 0 fully saturated rings. The van der Waals surface area contributed by atoms with Gasteiger partial charge in [0.25, 0.3) is 5.56 Å². The minimum atomic E-state index is -0.815. The highest BCUT2D eigenvalue weighted by molar-refractivity contribution is 6.31. The maximum atomic E-state index is 13.3. The van der Waals surface area contributed by atoms with Crippen molar-refractivity contribution < 1.29 is 4.79 Å². The summed E-state index contributed by atoms with van der Waals surface area (Å²) in [5.41, 5.74) is 4.26. The molecule has 1 aromatic heterocycles. The third kappa shape index (κ3) is 5.94. The summed E-state index contributed by atoms with van der Waals surface area (Å²) in [6, 6.07) is 5.77. The summed E-state index contributed by atoms with van der Waals surface area (Å²) < 4.78 is 0. The number of carbonyl (C=O) groups excluding carboxylic acids is 1. The predicted molar refractivity (Wildman–Crippen MR) is 135 cm³/mol. The van der Waals surface area contributed by atoms with Crippen LogP contribution in [0.25, 0.3) is 0 Å². The quantitative estimate of drug-likeness (QED) is 0.526.